The van der Waals surface area contributed by atoms with Crippen LogP contribution in [-0.2, 0) is 33.6 Å². The van der Waals surface area contributed by atoms with Gasteiger partial charge in [-0.2, -0.15) is 0 Å². The third-order valence-corrected chi connectivity index (χ3v) is 4.53. The minimum absolute atomic E-state index is 0.124. The minimum Gasteiger partial charge on any atom is -0.467 e. The molecule has 1 aliphatic carbocycles. The van der Waals surface area contributed by atoms with E-state index in [1.807, 2.05) is 30.3 Å². The van der Waals surface area contributed by atoms with E-state index in [1.54, 1.807) is 6.20 Å². The predicted molar refractivity (Wildman–Crippen MR) is 91.6 cm³/mol. The molecule has 1 aromatic heterocycles. The molecule has 0 aliphatic heterocycles. The lowest BCUT2D eigenvalue weighted by Crippen LogP contribution is -2.46. The highest BCUT2D eigenvalue weighted by Crippen LogP contribution is 2.23. The Labute approximate surface area is 146 Å². The molecule has 2 unspecified atom stereocenters. The first-order valence-corrected chi connectivity index (χ1v) is 8.37. The van der Waals surface area contributed by atoms with Gasteiger partial charge >= 0.3 is 5.97 Å². The van der Waals surface area contributed by atoms with Crippen LogP contribution in [0, 0.1) is 5.92 Å². The number of rotatable bonds is 5. The number of esters is 1. The molecule has 0 spiro atoms. The molecule has 0 fully saturated rings. The van der Waals surface area contributed by atoms with E-state index in [1.165, 1.54) is 13.4 Å². The maximum atomic E-state index is 12.7. The highest BCUT2D eigenvalue weighted by Gasteiger charge is 2.29. The van der Waals surface area contributed by atoms with Crippen molar-refractivity contribution in [2.24, 2.45) is 5.92 Å². The molecule has 3 rings (SSSR count). The number of aromatic nitrogens is 2. The van der Waals surface area contributed by atoms with E-state index in [0.29, 0.717) is 12.8 Å². The monoisotopic (exact) mass is 339 g/mol. The summed E-state index contributed by atoms with van der Waals surface area (Å²) in [6, 6.07) is 8.89. The van der Waals surface area contributed by atoms with E-state index in [2.05, 4.69) is 15.3 Å². The fourth-order valence-corrected chi connectivity index (χ4v) is 3.16. The zero-order valence-corrected chi connectivity index (χ0v) is 14.1. The maximum absolute atomic E-state index is 12.7. The molecule has 1 heterocycles. The molecule has 1 amide bonds. The molecular formula is C19H21N3O3. The van der Waals surface area contributed by atoms with Crippen LogP contribution in [0.4, 0.5) is 0 Å². The molecule has 6 heteroatoms. The van der Waals surface area contributed by atoms with Crippen LogP contribution >= 0.6 is 0 Å². The van der Waals surface area contributed by atoms with Gasteiger partial charge in [0.05, 0.1) is 7.11 Å². The Morgan fingerprint density at radius 3 is 2.88 bits per heavy atom. The van der Waals surface area contributed by atoms with Crippen LogP contribution in [-0.4, -0.2) is 35.0 Å². The number of amides is 1. The van der Waals surface area contributed by atoms with E-state index in [-0.39, 0.29) is 11.8 Å². The van der Waals surface area contributed by atoms with Gasteiger partial charge in [0.25, 0.3) is 0 Å². The number of nitrogens with one attached hydrogen (secondary N) is 1. The fourth-order valence-electron chi connectivity index (χ4n) is 3.16. The fraction of sp³-hybridized carbons (Fsp3) is 0.368. The Morgan fingerprint density at radius 1 is 1.32 bits per heavy atom. The summed E-state index contributed by atoms with van der Waals surface area (Å²) >= 11 is 0. The molecule has 0 saturated heterocycles. The smallest absolute Gasteiger partial charge is 0.328 e. The average Bonchev–Trinajstić information content (AvgIpc) is 2.67. The molecule has 130 valence electrons. The number of hydrogen-bond donors (Lipinski definition) is 1. The highest BCUT2D eigenvalue weighted by atomic mass is 16.5. The van der Waals surface area contributed by atoms with Gasteiger partial charge in [0.15, 0.2) is 0 Å². The lowest BCUT2D eigenvalue weighted by Gasteiger charge is -2.25. The molecule has 1 aliphatic rings. The van der Waals surface area contributed by atoms with Gasteiger partial charge in [-0.1, -0.05) is 30.3 Å². The number of methoxy groups -OCH3 is 1. The molecule has 25 heavy (non-hydrogen) atoms. The number of aryl methyl sites for hydroxylation is 1. The normalized spacial score (nSPS) is 17.2. The van der Waals surface area contributed by atoms with Gasteiger partial charge in [-0.15, -0.1) is 0 Å². The lowest BCUT2D eigenvalue weighted by molar-refractivity contribution is -0.145. The summed E-state index contributed by atoms with van der Waals surface area (Å²) in [4.78, 5) is 33.0. The summed E-state index contributed by atoms with van der Waals surface area (Å²) in [6.07, 6.45) is 5.77. The van der Waals surface area contributed by atoms with Gasteiger partial charge in [-0.05, 0) is 30.4 Å². The van der Waals surface area contributed by atoms with Crippen molar-refractivity contribution in [1.82, 2.24) is 15.3 Å². The van der Waals surface area contributed by atoms with E-state index >= 15 is 0 Å². The third kappa shape index (κ3) is 4.21. The topological polar surface area (TPSA) is 81.2 Å². The van der Waals surface area contributed by atoms with Crippen LogP contribution < -0.4 is 5.32 Å². The third-order valence-electron chi connectivity index (χ3n) is 4.53. The number of ether oxygens (including phenoxy) is 1. The summed E-state index contributed by atoms with van der Waals surface area (Å²) < 4.78 is 4.86. The minimum atomic E-state index is -0.687. The number of nitrogens with zero attached hydrogens (tertiary/aromatic N) is 2. The van der Waals surface area contributed by atoms with Crippen LogP contribution in [0.25, 0.3) is 0 Å². The van der Waals surface area contributed by atoms with Gasteiger partial charge in [-0.25, -0.2) is 14.8 Å². The van der Waals surface area contributed by atoms with Gasteiger partial charge in [-0.3, -0.25) is 4.79 Å². The zero-order valence-electron chi connectivity index (χ0n) is 14.1. The van der Waals surface area contributed by atoms with Crippen LogP contribution in [0.3, 0.4) is 0 Å². The van der Waals surface area contributed by atoms with Gasteiger partial charge in [0, 0.05) is 24.2 Å². The van der Waals surface area contributed by atoms with Crippen molar-refractivity contribution in [2.45, 2.75) is 31.7 Å². The van der Waals surface area contributed by atoms with Crippen LogP contribution in [0.1, 0.15) is 23.2 Å². The molecule has 1 N–H and O–H groups in total. The summed E-state index contributed by atoms with van der Waals surface area (Å²) in [6.45, 7) is 0. The number of benzene rings is 1. The number of hydrogen-bond acceptors (Lipinski definition) is 5. The van der Waals surface area contributed by atoms with E-state index in [9.17, 15) is 9.59 Å². The van der Waals surface area contributed by atoms with Gasteiger partial charge in [0.2, 0.25) is 5.91 Å². The number of fused-ring (bicyclic) bond motifs is 1. The second-order valence-electron chi connectivity index (χ2n) is 6.21. The highest BCUT2D eigenvalue weighted by molar-refractivity contribution is 5.86. The quantitative estimate of drug-likeness (QED) is 0.835. The maximum Gasteiger partial charge on any atom is 0.328 e. The molecule has 2 atom stereocenters. The van der Waals surface area contributed by atoms with Crippen molar-refractivity contribution in [3.05, 3.63) is 59.7 Å². The van der Waals surface area contributed by atoms with Crippen LogP contribution in [0.15, 0.2) is 42.9 Å². The largest absolute Gasteiger partial charge is 0.467 e. The Morgan fingerprint density at radius 2 is 2.12 bits per heavy atom. The SMILES string of the molecule is COC(=O)C(Cc1ccccc1)NC(=O)C1CCc2ncncc2C1. The Balaban J connectivity index is 1.67. The second-order valence-corrected chi connectivity index (χ2v) is 6.21. The average molecular weight is 339 g/mol. The molecular weight excluding hydrogens is 318 g/mol. The van der Waals surface area contributed by atoms with E-state index in [4.69, 9.17) is 4.74 Å². The van der Waals surface area contributed by atoms with Crippen molar-refractivity contribution >= 4 is 11.9 Å². The van der Waals surface area contributed by atoms with E-state index in [0.717, 1.165) is 29.7 Å². The van der Waals surface area contributed by atoms with Crippen LogP contribution in [0.5, 0.6) is 0 Å². The molecule has 0 bridgehead atoms. The Kier molecular flexibility index (Phi) is 5.38. The lowest BCUT2D eigenvalue weighted by atomic mass is 9.86. The zero-order chi connectivity index (χ0) is 17.6. The van der Waals surface area contributed by atoms with Crippen LogP contribution in [0.2, 0.25) is 0 Å². The summed E-state index contributed by atoms with van der Waals surface area (Å²) in [5, 5.41) is 2.86. The van der Waals surface area contributed by atoms with Crippen molar-refractivity contribution in [3.8, 4) is 0 Å². The summed E-state index contributed by atoms with van der Waals surface area (Å²) in [7, 11) is 1.33. The molecule has 2 aromatic rings. The Bertz CT molecular complexity index is 749. The second kappa shape index (κ2) is 7.88. The summed E-state index contributed by atoms with van der Waals surface area (Å²) in [5.74, 6) is -0.737. The molecule has 1 aromatic carbocycles. The molecule has 6 nitrogen and oxygen atoms in total. The number of carbonyl (C=O) groups is 2. The standard InChI is InChI=1S/C19H21N3O3/c1-25-19(24)17(9-13-5-3-2-4-6-13)22-18(23)14-7-8-16-15(10-14)11-20-12-21-16/h2-6,11-12,14,17H,7-10H2,1H3,(H,22,23). The first-order chi connectivity index (χ1) is 12.2. The molecule has 0 radical (unpaired) electrons. The van der Waals surface area contributed by atoms with Gasteiger partial charge < -0.3 is 10.1 Å². The predicted octanol–water partition coefficient (Wildman–Crippen LogP) is 1.48. The molecule has 0 saturated carbocycles. The first-order valence-electron chi connectivity index (χ1n) is 8.37. The van der Waals surface area contributed by atoms with E-state index < -0.39 is 12.0 Å². The van der Waals surface area contributed by atoms with Crippen molar-refractivity contribution in [3.63, 3.8) is 0 Å². The van der Waals surface area contributed by atoms with Crippen molar-refractivity contribution in [2.75, 3.05) is 7.11 Å². The van der Waals surface area contributed by atoms with Gasteiger partial charge in [0.1, 0.15) is 12.4 Å². The number of carbonyl (C=O) groups excluding carboxylic acids is 2. The Hall–Kier alpha value is -2.76. The van der Waals surface area contributed by atoms with Crippen molar-refractivity contribution in [1.29, 1.82) is 0 Å². The summed E-state index contributed by atoms with van der Waals surface area (Å²) in [5.41, 5.74) is 2.99. The first kappa shape index (κ1) is 17.1. The van der Waals surface area contributed by atoms with Crippen molar-refractivity contribution < 1.29 is 14.3 Å².